The number of benzene rings is 1. The summed E-state index contributed by atoms with van der Waals surface area (Å²) in [5, 5.41) is 34.6. The Balaban J connectivity index is 1.77. The molecule has 1 aromatic carbocycles. The number of carbonyl (C=O) groups is 1. The quantitative estimate of drug-likeness (QED) is 0.535. The summed E-state index contributed by atoms with van der Waals surface area (Å²) in [6, 6.07) is 8.15. The molecule has 122 valence electrons. The van der Waals surface area contributed by atoms with E-state index in [4.69, 9.17) is 0 Å². The molecule has 0 atom stereocenters. The van der Waals surface area contributed by atoms with Gasteiger partial charge in [-0.1, -0.05) is 6.07 Å². The number of aliphatic hydroxyl groups is 2. The minimum atomic E-state index is -0.360. The maximum Gasteiger partial charge on any atom is 0.257 e. The molecule has 0 unspecified atom stereocenters. The molecule has 0 aliphatic heterocycles. The van der Waals surface area contributed by atoms with Gasteiger partial charge >= 0.3 is 0 Å². The largest absolute Gasteiger partial charge is 0.392 e. The smallest absolute Gasteiger partial charge is 0.257 e. The van der Waals surface area contributed by atoms with Crippen LogP contribution in [0.4, 0.5) is 5.69 Å². The van der Waals surface area contributed by atoms with E-state index < -0.39 is 0 Å². The van der Waals surface area contributed by atoms with Gasteiger partial charge in [-0.05, 0) is 40.6 Å². The first-order chi connectivity index (χ1) is 11.7. The molecule has 1 amide bonds. The number of aliphatic hydroxyl groups excluding tert-OH is 2. The molecular weight excluding hydrogens is 312 g/mol. The third-order valence-corrected chi connectivity index (χ3v) is 3.28. The number of nitrogens with one attached hydrogen (secondary N) is 2. The van der Waals surface area contributed by atoms with Crippen molar-refractivity contribution in [1.29, 1.82) is 0 Å². The Kier molecular flexibility index (Phi) is 4.54. The molecule has 0 radical (unpaired) electrons. The van der Waals surface area contributed by atoms with Crippen LogP contribution in [0.3, 0.4) is 0 Å². The molecule has 0 fully saturated rings. The Hall–Kier alpha value is -3.17. The molecular formula is C15H14N6O3. The fourth-order valence-electron chi connectivity index (χ4n) is 2.15. The molecule has 0 aliphatic carbocycles. The van der Waals surface area contributed by atoms with Crippen LogP contribution in [0.25, 0.3) is 11.5 Å². The molecule has 3 aromatic rings. The zero-order valence-corrected chi connectivity index (χ0v) is 12.5. The van der Waals surface area contributed by atoms with E-state index in [9.17, 15) is 15.0 Å². The Morgan fingerprint density at radius 3 is 2.42 bits per heavy atom. The lowest BCUT2D eigenvalue weighted by atomic mass is 10.1. The second-order valence-corrected chi connectivity index (χ2v) is 4.98. The van der Waals surface area contributed by atoms with Crippen molar-refractivity contribution in [3.05, 3.63) is 53.2 Å². The Morgan fingerprint density at radius 1 is 1.12 bits per heavy atom. The van der Waals surface area contributed by atoms with Crippen molar-refractivity contribution in [3.8, 4) is 11.5 Å². The minimum absolute atomic E-state index is 0.183. The number of hydrogen-bond acceptors (Lipinski definition) is 7. The lowest BCUT2D eigenvalue weighted by Crippen LogP contribution is -2.13. The molecule has 2 aromatic heterocycles. The van der Waals surface area contributed by atoms with Gasteiger partial charge in [0.25, 0.3) is 5.91 Å². The second-order valence-electron chi connectivity index (χ2n) is 4.98. The number of aromatic nitrogens is 5. The number of pyridine rings is 1. The van der Waals surface area contributed by atoms with Crippen LogP contribution in [-0.2, 0) is 13.2 Å². The van der Waals surface area contributed by atoms with E-state index >= 15 is 0 Å². The summed E-state index contributed by atoms with van der Waals surface area (Å²) in [6.45, 7) is -0.366. The first-order valence-corrected chi connectivity index (χ1v) is 7.05. The van der Waals surface area contributed by atoms with E-state index in [2.05, 4.69) is 30.9 Å². The number of tetrazole rings is 1. The van der Waals surface area contributed by atoms with Gasteiger partial charge in [-0.2, -0.15) is 5.21 Å². The predicted molar refractivity (Wildman–Crippen MR) is 83.6 cm³/mol. The van der Waals surface area contributed by atoms with Crippen molar-refractivity contribution in [2.45, 2.75) is 13.2 Å². The van der Waals surface area contributed by atoms with E-state index in [0.29, 0.717) is 33.9 Å². The number of anilines is 1. The number of aromatic amines is 1. The van der Waals surface area contributed by atoms with E-state index in [1.165, 1.54) is 6.20 Å². The highest BCUT2D eigenvalue weighted by Gasteiger charge is 2.10. The molecule has 9 nitrogen and oxygen atoms in total. The van der Waals surface area contributed by atoms with Crippen LogP contribution >= 0.6 is 0 Å². The Morgan fingerprint density at radius 2 is 1.88 bits per heavy atom. The number of nitrogens with zero attached hydrogens (tertiary/aromatic N) is 4. The van der Waals surface area contributed by atoms with Crippen molar-refractivity contribution >= 4 is 11.6 Å². The van der Waals surface area contributed by atoms with Crippen molar-refractivity contribution in [2.24, 2.45) is 0 Å². The van der Waals surface area contributed by atoms with E-state index in [0.717, 1.165) is 0 Å². The van der Waals surface area contributed by atoms with Crippen LogP contribution in [0.2, 0.25) is 0 Å². The molecule has 0 saturated carbocycles. The van der Waals surface area contributed by atoms with Gasteiger partial charge in [0, 0.05) is 11.9 Å². The van der Waals surface area contributed by atoms with Crippen molar-refractivity contribution < 1.29 is 15.0 Å². The van der Waals surface area contributed by atoms with Gasteiger partial charge in [-0.25, -0.2) is 0 Å². The maximum atomic E-state index is 12.3. The summed E-state index contributed by atoms with van der Waals surface area (Å²) in [7, 11) is 0. The zero-order valence-electron chi connectivity index (χ0n) is 12.5. The molecule has 4 N–H and O–H groups in total. The first-order valence-electron chi connectivity index (χ1n) is 7.05. The maximum absolute atomic E-state index is 12.3. The lowest BCUT2D eigenvalue weighted by molar-refractivity contribution is 0.102. The van der Waals surface area contributed by atoms with Crippen LogP contribution in [0, 0.1) is 0 Å². The summed E-state index contributed by atoms with van der Waals surface area (Å²) >= 11 is 0. The molecule has 24 heavy (non-hydrogen) atoms. The highest BCUT2D eigenvalue weighted by Crippen LogP contribution is 2.17. The van der Waals surface area contributed by atoms with Crippen LogP contribution in [0.1, 0.15) is 21.5 Å². The standard InChI is InChI=1S/C15H14N6O3/c22-7-9-3-10(8-23)5-12(4-9)17-15(24)11-1-2-13(16-6-11)14-18-20-21-19-14/h1-6,22-23H,7-8H2,(H,17,24)(H,18,19,20,21). The summed E-state index contributed by atoms with van der Waals surface area (Å²) in [4.78, 5) is 16.4. The van der Waals surface area contributed by atoms with Crippen molar-refractivity contribution in [1.82, 2.24) is 25.6 Å². The van der Waals surface area contributed by atoms with Gasteiger partial charge in [-0.3, -0.25) is 9.78 Å². The van der Waals surface area contributed by atoms with Crippen LogP contribution in [0.15, 0.2) is 36.5 Å². The number of carbonyl (C=O) groups excluding carboxylic acids is 1. The van der Waals surface area contributed by atoms with Gasteiger partial charge < -0.3 is 15.5 Å². The van der Waals surface area contributed by atoms with Crippen LogP contribution in [-0.4, -0.2) is 41.7 Å². The number of amides is 1. The topological polar surface area (TPSA) is 137 Å². The normalized spacial score (nSPS) is 10.6. The van der Waals surface area contributed by atoms with Gasteiger partial charge in [0.15, 0.2) is 0 Å². The Bertz CT molecular complexity index is 811. The molecule has 0 aliphatic rings. The van der Waals surface area contributed by atoms with Crippen LogP contribution < -0.4 is 5.32 Å². The van der Waals surface area contributed by atoms with E-state index in [-0.39, 0.29) is 19.1 Å². The monoisotopic (exact) mass is 326 g/mol. The van der Waals surface area contributed by atoms with Gasteiger partial charge in [0.1, 0.15) is 5.69 Å². The fourth-order valence-corrected chi connectivity index (χ4v) is 2.15. The van der Waals surface area contributed by atoms with Crippen LogP contribution in [0.5, 0.6) is 0 Å². The lowest BCUT2D eigenvalue weighted by Gasteiger charge is -2.09. The summed E-state index contributed by atoms with van der Waals surface area (Å²) in [6.07, 6.45) is 1.41. The average Bonchev–Trinajstić information content (AvgIpc) is 3.16. The molecule has 2 heterocycles. The fraction of sp³-hybridized carbons (Fsp3) is 0.133. The van der Waals surface area contributed by atoms with Crippen molar-refractivity contribution in [3.63, 3.8) is 0 Å². The molecule has 0 spiro atoms. The van der Waals surface area contributed by atoms with E-state index in [1.54, 1.807) is 30.3 Å². The number of H-pyrrole nitrogens is 1. The summed E-state index contributed by atoms with van der Waals surface area (Å²) in [5.74, 6) is -0.0219. The zero-order chi connectivity index (χ0) is 16.9. The first kappa shape index (κ1) is 15.7. The van der Waals surface area contributed by atoms with Gasteiger partial charge in [0.05, 0.1) is 18.8 Å². The molecule has 0 saturated heterocycles. The second kappa shape index (κ2) is 6.94. The third kappa shape index (κ3) is 3.42. The molecule has 0 bridgehead atoms. The minimum Gasteiger partial charge on any atom is -0.392 e. The van der Waals surface area contributed by atoms with Gasteiger partial charge in [0.2, 0.25) is 5.82 Å². The Labute approximate surface area is 136 Å². The molecule has 3 rings (SSSR count). The highest BCUT2D eigenvalue weighted by atomic mass is 16.3. The predicted octanol–water partition coefficient (Wildman–Crippen LogP) is 0.499. The SMILES string of the molecule is O=C(Nc1cc(CO)cc(CO)c1)c1ccc(-c2nn[nH]n2)nc1. The summed E-state index contributed by atoms with van der Waals surface area (Å²) in [5.41, 5.74) is 2.52. The number of rotatable bonds is 5. The molecule has 9 heteroatoms. The number of hydrogen-bond donors (Lipinski definition) is 4. The highest BCUT2D eigenvalue weighted by molar-refractivity contribution is 6.04. The van der Waals surface area contributed by atoms with Crippen molar-refractivity contribution in [2.75, 3.05) is 5.32 Å². The third-order valence-electron chi connectivity index (χ3n) is 3.28. The van der Waals surface area contributed by atoms with E-state index in [1.807, 2.05) is 0 Å². The van der Waals surface area contributed by atoms with Gasteiger partial charge in [-0.15, -0.1) is 10.2 Å². The summed E-state index contributed by atoms with van der Waals surface area (Å²) < 4.78 is 0. The average molecular weight is 326 g/mol.